The van der Waals surface area contributed by atoms with Gasteiger partial charge in [-0.25, -0.2) is 14.2 Å². The van der Waals surface area contributed by atoms with Crippen LogP contribution in [0.5, 0.6) is 0 Å². The molecule has 0 fully saturated rings. The van der Waals surface area contributed by atoms with Gasteiger partial charge in [-0.05, 0) is 55.3 Å². The van der Waals surface area contributed by atoms with Gasteiger partial charge >= 0.3 is 5.97 Å². The summed E-state index contributed by atoms with van der Waals surface area (Å²) in [6, 6.07) is 12.1. The van der Waals surface area contributed by atoms with Crippen LogP contribution < -0.4 is 14.9 Å². The predicted octanol–water partition coefficient (Wildman–Crippen LogP) is 3.59. The van der Waals surface area contributed by atoms with E-state index >= 15 is 0 Å². The van der Waals surface area contributed by atoms with Gasteiger partial charge in [0.25, 0.3) is 5.56 Å². The normalized spacial score (nSPS) is 16.1. The van der Waals surface area contributed by atoms with Gasteiger partial charge in [-0.1, -0.05) is 47.2 Å². The van der Waals surface area contributed by atoms with Crippen LogP contribution in [0.25, 0.3) is 6.08 Å². The van der Waals surface area contributed by atoms with Crippen LogP contribution in [0.2, 0.25) is 5.02 Å². The highest BCUT2D eigenvalue weighted by molar-refractivity contribution is 7.07. The molecule has 1 aliphatic rings. The third-order valence-corrected chi connectivity index (χ3v) is 6.11. The quantitative estimate of drug-likeness (QED) is 0.564. The maximum absolute atomic E-state index is 13.6. The summed E-state index contributed by atoms with van der Waals surface area (Å²) < 4.78 is 20.7. The summed E-state index contributed by atoms with van der Waals surface area (Å²) in [4.78, 5) is 31.1. The first-order valence-corrected chi connectivity index (χ1v) is 10.8. The van der Waals surface area contributed by atoms with E-state index in [1.54, 1.807) is 44.2 Å². The summed E-state index contributed by atoms with van der Waals surface area (Å²) in [5, 5.41) is 0.602. The number of carbonyl (C=O) groups is 1. The number of esters is 1. The lowest BCUT2D eigenvalue weighted by molar-refractivity contribution is -0.139. The summed E-state index contributed by atoms with van der Waals surface area (Å²) in [6.07, 6.45) is 1.76. The molecule has 1 atom stereocenters. The molecule has 3 aromatic rings. The zero-order chi connectivity index (χ0) is 22.1. The predicted molar refractivity (Wildman–Crippen MR) is 118 cm³/mol. The molecule has 158 valence electrons. The number of hydrogen-bond acceptors (Lipinski definition) is 5. The van der Waals surface area contributed by atoms with Gasteiger partial charge in [0.2, 0.25) is 0 Å². The molecule has 1 aliphatic heterocycles. The number of ether oxygens (including phenoxy) is 1. The zero-order valence-corrected chi connectivity index (χ0v) is 18.3. The highest BCUT2D eigenvalue weighted by Gasteiger charge is 2.33. The fourth-order valence-electron chi connectivity index (χ4n) is 3.46. The van der Waals surface area contributed by atoms with Crippen molar-refractivity contribution in [2.75, 3.05) is 6.61 Å². The molecule has 2 aromatic carbocycles. The van der Waals surface area contributed by atoms with Crippen molar-refractivity contribution >= 4 is 35.0 Å². The Morgan fingerprint density at radius 2 is 1.90 bits per heavy atom. The molecule has 0 aliphatic carbocycles. The minimum atomic E-state index is -0.761. The molecular formula is C23H18ClFN2O3S. The highest BCUT2D eigenvalue weighted by Crippen LogP contribution is 2.30. The molecule has 0 saturated carbocycles. The second-order valence-electron chi connectivity index (χ2n) is 6.91. The Hall–Kier alpha value is -3.03. The van der Waals surface area contributed by atoms with Crippen LogP contribution in [0.4, 0.5) is 4.39 Å². The van der Waals surface area contributed by atoms with Crippen LogP contribution in [-0.4, -0.2) is 17.1 Å². The van der Waals surface area contributed by atoms with E-state index in [0.717, 1.165) is 5.56 Å². The average molecular weight is 457 g/mol. The minimum absolute atomic E-state index is 0.187. The van der Waals surface area contributed by atoms with Crippen molar-refractivity contribution < 1.29 is 13.9 Å². The van der Waals surface area contributed by atoms with E-state index in [1.165, 1.54) is 28.0 Å². The maximum atomic E-state index is 13.6. The van der Waals surface area contributed by atoms with E-state index in [1.807, 2.05) is 12.1 Å². The van der Waals surface area contributed by atoms with Gasteiger partial charge in [-0.3, -0.25) is 9.36 Å². The van der Waals surface area contributed by atoms with E-state index in [2.05, 4.69) is 4.99 Å². The van der Waals surface area contributed by atoms with Gasteiger partial charge in [0.05, 0.1) is 28.5 Å². The van der Waals surface area contributed by atoms with Crippen LogP contribution in [0.15, 0.2) is 69.6 Å². The zero-order valence-electron chi connectivity index (χ0n) is 16.8. The van der Waals surface area contributed by atoms with E-state index in [0.29, 0.717) is 25.6 Å². The van der Waals surface area contributed by atoms with Crippen LogP contribution in [0.1, 0.15) is 31.0 Å². The van der Waals surface area contributed by atoms with Crippen molar-refractivity contribution in [1.29, 1.82) is 0 Å². The second kappa shape index (κ2) is 8.61. The molecular weight excluding hydrogens is 439 g/mol. The summed E-state index contributed by atoms with van der Waals surface area (Å²) >= 11 is 7.17. The fraction of sp³-hybridized carbons (Fsp3) is 0.174. The molecule has 5 nitrogen and oxygen atoms in total. The number of nitrogens with zero attached hydrogens (tertiary/aromatic N) is 2. The van der Waals surface area contributed by atoms with Gasteiger partial charge in [0.15, 0.2) is 4.80 Å². The van der Waals surface area contributed by atoms with Crippen LogP contribution in [0.3, 0.4) is 0 Å². The molecule has 0 radical (unpaired) electrons. The van der Waals surface area contributed by atoms with Crippen molar-refractivity contribution in [3.63, 3.8) is 0 Å². The summed E-state index contributed by atoms with van der Waals surface area (Å²) in [6.45, 7) is 3.60. The number of thiazole rings is 1. The Labute approximate surface area is 186 Å². The smallest absolute Gasteiger partial charge is 0.338 e. The number of allylic oxidation sites excluding steroid dienone is 1. The largest absolute Gasteiger partial charge is 0.463 e. The van der Waals surface area contributed by atoms with Gasteiger partial charge in [-0.2, -0.15) is 0 Å². The van der Waals surface area contributed by atoms with Crippen molar-refractivity contribution in [3.8, 4) is 0 Å². The van der Waals surface area contributed by atoms with E-state index in [-0.39, 0.29) is 17.7 Å². The minimum Gasteiger partial charge on any atom is -0.463 e. The first-order valence-electron chi connectivity index (χ1n) is 9.59. The van der Waals surface area contributed by atoms with Crippen LogP contribution in [-0.2, 0) is 9.53 Å². The Morgan fingerprint density at radius 3 is 2.55 bits per heavy atom. The molecule has 31 heavy (non-hydrogen) atoms. The topological polar surface area (TPSA) is 60.7 Å². The Balaban J connectivity index is 1.94. The molecule has 4 rings (SSSR count). The molecule has 1 aromatic heterocycles. The van der Waals surface area contributed by atoms with Crippen LogP contribution in [0, 0.1) is 5.82 Å². The van der Waals surface area contributed by atoms with Gasteiger partial charge in [0, 0.05) is 5.02 Å². The highest BCUT2D eigenvalue weighted by atomic mass is 35.5. The number of carbonyl (C=O) groups excluding carboxylic acids is 1. The molecule has 0 spiro atoms. The number of rotatable bonds is 4. The maximum Gasteiger partial charge on any atom is 0.338 e. The number of aromatic nitrogens is 1. The third kappa shape index (κ3) is 4.11. The van der Waals surface area contributed by atoms with Crippen molar-refractivity contribution in [2.24, 2.45) is 4.99 Å². The van der Waals surface area contributed by atoms with Gasteiger partial charge in [-0.15, -0.1) is 0 Å². The van der Waals surface area contributed by atoms with Gasteiger partial charge < -0.3 is 4.74 Å². The fourth-order valence-corrected chi connectivity index (χ4v) is 4.63. The number of halogens is 2. The number of hydrogen-bond donors (Lipinski definition) is 0. The van der Waals surface area contributed by atoms with E-state index in [4.69, 9.17) is 16.3 Å². The lowest BCUT2D eigenvalue weighted by Gasteiger charge is -2.24. The molecule has 0 N–H and O–H groups in total. The Kier molecular flexibility index (Phi) is 5.89. The lowest BCUT2D eigenvalue weighted by atomic mass is 9.96. The monoisotopic (exact) mass is 456 g/mol. The second-order valence-corrected chi connectivity index (χ2v) is 8.35. The Morgan fingerprint density at radius 1 is 1.23 bits per heavy atom. The van der Waals surface area contributed by atoms with Crippen LogP contribution >= 0.6 is 22.9 Å². The molecule has 0 amide bonds. The Bertz CT molecular complexity index is 1360. The van der Waals surface area contributed by atoms with E-state index in [9.17, 15) is 14.0 Å². The summed E-state index contributed by atoms with van der Waals surface area (Å²) in [5.74, 6) is -0.956. The summed E-state index contributed by atoms with van der Waals surface area (Å²) in [5.41, 5.74) is 1.85. The van der Waals surface area contributed by atoms with Crippen molar-refractivity contribution in [2.45, 2.75) is 19.9 Å². The van der Waals surface area contributed by atoms with Gasteiger partial charge in [0.1, 0.15) is 5.82 Å². The molecule has 1 unspecified atom stereocenters. The van der Waals surface area contributed by atoms with E-state index < -0.39 is 17.8 Å². The first-order chi connectivity index (χ1) is 14.9. The van der Waals surface area contributed by atoms with Crippen molar-refractivity contribution in [3.05, 3.63) is 101 Å². The third-order valence-electron chi connectivity index (χ3n) is 4.87. The molecule has 8 heteroatoms. The average Bonchev–Trinajstić information content (AvgIpc) is 3.04. The molecule has 0 saturated heterocycles. The summed E-state index contributed by atoms with van der Waals surface area (Å²) in [7, 11) is 0. The SMILES string of the molecule is CCOC(=O)C1=C(C)N=c2s/c(=C/c3ccc(Cl)cc3)c(=O)n2C1c1ccc(F)cc1. The molecule has 0 bridgehead atoms. The number of fused-ring (bicyclic) bond motifs is 1. The lowest BCUT2D eigenvalue weighted by Crippen LogP contribution is -2.39. The molecule has 2 heterocycles. The first kappa shape index (κ1) is 21.2. The number of benzene rings is 2. The standard InChI is InChI=1S/C23H18ClFN2O3S/c1-3-30-22(29)19-13(2)26-23-27(20(19)15-6-10-17(25)11-7-15)21(28)18(31-23)12-14-4-8-16(24)9-5-14/h4-12,20H,3H2,1-2H3/b18-12+. The van der Waals surface area contributed by atoms with Crippen molar-refractivity contribution in [1.82, 2.24) is 4.57 Å².